The molecule has 1 aliphatic heterocycles. The van der Waals surface area contributed by atoms with Crippen LogP contribution in [0.4, 0.5) is 0 Å². The molecular formula is C11H20N2O2. The summed E-state index contributed by atoms with van der Waals surface area (Å²) in [5.41, 5.74) is 0.350. The minimum absolute atomic E-state index is 0.231. The van der Waals surface area contributed by atoms with Gasteiger partial charge in [0, 0.05) is 19.6 Å². The molecule has 2 N–H and O–H groups in total. The number of hydrogen-bond donors (Lipinski definition) is 2. The zero-order valence-electron chi connectivity index (χ0n) is 9.34. The summed E-state index contributed by atoms with van der Waals surface area (Å²) in [5.74, 6) is 0.505. The third kappa shape index (κ3) is 2.32. The lowest BCUT2D eigenvalue weighted by atomic mass is 9.92. The van der Waals surface area contributed by atoms with Gasteiger partial charge in [0.2, 0.25) is 5.91 Å². The van der Waals surface area contributed by atoms with E-state index in [9.17, 15) is 4.79 Å². The van der Waals surface area contributed by atoms with Gasteiger partial charge < -0.3 is 15.4 Å². The summed E-state index contributed by atoms with van der Waals surface area (Å²) >= 11 is 0. The Kier molecular flexibility index (Phi) is 3.26. The Balaban J connectivity index is 1.74. The standard InChI is InChI=1S/C11H20N2O2/c1-15-7-6-13-10(14)9-8-11(9)2-4-12-5-3-11/h9,12H,2-8H2,1H3,(H,13,14). The Morgan fingerprint density at radius 1 is 1.53 bits per heavy atom. The Bertz CT molecular complexity index is 237. The number of rotatable bonds is 4. The Morgan fingerprint density at radius 2 is 2.27 bits per heavy atom. The third-order valence-electron chi connectivity index (χ3n) is 3.71. The van der Waals surface area contributed by atoms with Gasteiger partial charge in [-0.25, -0.2) is 0 Å². The maximum absolute atomic E-state index is 11.8. The number of nitrogens with one attached hydrogen (secondary N) is 2. The molecular weight excluding hydrogens is 192 g/mol. The lowest BCUT2D eigenvalue weighted by molar-refractivity contribution is -0.123. The van der Waals surface area contributed by atoms with Crippen LogP contribution in [-0.4, -0.2) is 39.3 Å². The lowest BCUT2D eigenvalue weighted by Gasteiger charge is -2.23. The number of methoxy groups -OCH3 is 1. The van der Waals surface area contributed by atoms with Crippen molar-refractivity contribution in [2.45, 2.75) is 19.3 Å². The van der Waals surface area contributed by atoms with E-state index in [1.54, 1.807) is 7.11 Å². The van der Waals surface area contributed by atoms with Gasteiger partial charge in [-0.15, -0.1) is 0 Å². The van der Waals surface area contributed by atoms with E-state index >= 15 is 0 Å². The first kappa shape index (κ1) is 10.9. The highest BCUT2D eigenvalue weighted by Crippen LogP contribution is 2.58. The molecule has 4 heteroatoms. The van der Waals surface area contributed by atoms with E-state index in [0.29, 0.717) is 18.6 Å². The normalized spacial score (nSPS) is 27.7. The molecule has 0 aromatic heterocycles. The minimum atomic E-state index is 0.231. The molecule has 1 amide bonds. The average molecular weight is 212 g/mol. The molecule has 2 aliphatic rings. The second-order valence-corrected chi connectivity index (χ2v) is 4.65. The molecule has 0 radical (unpaired) electrons. The highest BCUT2D eigenvalue weighted by molar-refractivity contribution is 5.82. The van der Waals surface area contributed by atoms with Crippen molar-refractivity contribution >= 4 is 5.91 Å². The zero-order valence-corrected chi connectivity index (χ0v) is 9.34. The summed E-state index contributed by atoms with van der Waals surface area (Å²) < 4.78 is 4.90. The van der Waals surface area contributed by atoms with Crippen molar-refractivity contribution < 1.29 is 9.53 Å². The van der Waals surface area contributed by atoms with Crippen LogP contribution < -0.4 is 10.6 Å². The van der Waals surface area contributed by atoms with Crippen molar-refractivity contribution in [3.8, 4) is 0 Å². The Morgan fingerprint density at radius 3 is 2.93 bits per heavy atom. The van der Waals surface area contributed by atoms with Gasteiger partial charge in [-0.1, -0.05) is 0 Å². The Labute approximate surface area is 90.8 Å². The van der Waals surface area contributed by atoms with Gasteiger partial charge in [0.1, 0.15) is 0 Å². The van der Waals surface area contributed by atoms with E-state index in [-0.39, 0.29) is 11.8 Å². The zero-order chi connectivity index (χ0) is 10.7. The van der Waals surface area contributed by atoms with Crippen molar-refractivity contribution in [2.24, 2.45) is 11.3 Å². The average Bonchev–Trinajstić information content (AvgIpc) is 2.94. The molecule has 1 saturated carbocycles. The molecule has 1 heterocycles. The van der Waals surface area contributed by atoms with Gasteiger partial charge >= 0.3 is 0 Å². The monoisotopic (exact) mass is 212 g/mol. The van der Waals surface area contributed by atoms with Crippen LogP contribution in [0.5, 0.6) is 0 Å². The fourth-order valence-corrected chi connectivity index (χ4v) is 2.60. The predicted octanol–water partition coefficient (Wildman–Crippen LogP) is 0.139. The van der Waals surface area contributed by atoms with Crippen LogP contribution in [0.15, 0.2) is 0 Å². The highest BCUT2D eigenvalue weighted by atomic mass is 16.5. The van der Waals surface area contributed by atoms with E-state index in [1.807, 2.05) is 0 Å². The van der Waals surface area contributed by atoms with Crippen LogP contribution in [0.1, 0.15) is 19.3 Å². The molecule has 1 atom stereocenters. The Hall–Kier alpha value is -0.610. The second-order valence-electron chi connectivity index (χ2n) is 4.65. The summed E-state index contributed by atoms with van der Waals surface area (Å²) in [7, 11) is 1.65. The smallest absolute Gasteiger partial charge is 0.223 e. The molecule has 0 aromatic rings. The van der Waals surface area contributed by atoms with Crippen LogP contribution >= 0.6 is 0 Å². The molecule has 1 unspecified atom stereocenters. The topological polar surface area (TPSA) is 50.4 Å². The first-order chi connectivity index (χ1) is 7.28. The molecule has 2 fully saturated rings. The minimum Gasteiger partial charge on any atom is -0.383 e. The summed E-state index contributed by atoms with van der Waals surface area (Å²) in [6, 6.07) is 0. The van der Waals surface area contributed by atoms with Crippen LogP contribution in [0.25, 0.3) is 0 Å². The van der Waals surface area contributed by atoms with Crippen molar-refractivity contribution in [1.29, 1.82) is 0 Å². The number of piperidine rings is 1. The maximum atomic E-state index is 11.8. The second kappa shape index (κ2) is 4.49. The number of ether oxygens (including phenoxy) is 1. The van der Waals surface area contributed by atoms with Crippen molar-refractivity contribution in [3.63, 3.8) is 0 Å². The summed E-state index contributed by atoms with van der Waals surface area (Å²) in [6.07, 6.45) is 3.41. The van der Waals surface area contributed by atoms with Gasteiger partial charge in [0.15, 0.2) is 0 Å². The van der Waals surface area contributed by atoms with Crippen molar-refractivity contribution in [3.05, 3.63) is 0 Å². The van der Waals surface area contributed by atoms with E-state index < -0.39 is 0 Å². The van der Waals surface area contributed by atoms with Crippen LogP contribution in [0, 0.1) is 11.3 Å². The third-order valence-corrected chi connectivity index (χ3v) is 3.71. The van der Waals surface area contributed by atoms with E-state index in [1.165, 1.54) is 0 Å². The predicted molar refractivity (Wildman–Crippen MR) is 57.5 cm³/mol. The SMILES string of the molecule is COCCNC(=O)C1CC12CCNCC2. The van der Waals surface area contributed by atoms with Crippen LogP contribution in [-0.2, 0) is 9.53 Å². The van der Waals surface area contributed by atoms with Crippen LogP contribution in [0.3, 0.4) is 0 Å². The number of carbonyl (C=O) groups is 1. The molecule has 0 aromatic carbocycles. The number of amides is 1. The van der Waals surface area contributed by atoms with Gasteiger partial charge in [0.05, 0.1) is 6.61 Å². The number of carbonyl (C=O) groups excluding carboxylic acids is 1. The van der Waals surface area contributed by atoms with Gasteiger partial charge in [-0.2, -0.15) is 0 Å². The van der Waals surface area contributed by atoms with Gasteiger partial charge in [-0.05, 0) is 37.8 Å². The van der Waals surface area contributed by atoms with E-state index in [4.69, 9.17) is 4.74 Å². The van der Waals surface area contributed by atoms with E-state index in [2.05, 4.69) is 10.6 Å². The first-order valence-corrected chi connectivity index (χ1v) is 5.76. The quantitative estimate of drug-likeness (QED) is 0.652. The number of hydrogen-bond acceptors (Lipinski definition) is 3. The van der Waals surface area contributed by atoms with E-state index in [0.717, 1.165) is 32.4 Å². The summed E-state index contributed by atoms with van der Waals surface area (Å²) in [4.78, 5) is 11.8. The molecule has 0 bridgehead atoms. The van der Waals surface area contributed by atoms with Crippen molar-refractivity contribution in [1.82, 2.24) is 10.6 Å². The van der Waals surface area contributed by atoms with Crippen LogP contribution in [0.2, 0.25) is 0 Å². The lowest BCUT2D eigenvalue weighted by Crippen LogP contribution is -2.34. The fraction of sp³-hybridized carbons (Fsp3) is 0.909. The highest BCUT2D eigenvalue weighted by Gasteiger charge is 2.57. The molecule has 1 saturated heterocycles. The fourth-order valence-electron chi connectivity index (χ4n) is 2.60. The first-order valence-electron chi connectivity index (χ1n) is 5.76. The molecule has 15 heavy (non-hydrogen) atoms. The van der Waals surface area contributed by atoms with Gasteiger partial charge in [0.25, 0.3) is 0 Å². The molecule has 1 aliphatic carbocycles. The van der Waals surface area contributed by atoms with Gasteiger partial charge in [-0.3, -0.25) is 4.79 Å². The molecule has 86 valence electrons. The molecule has 2 rings (SSSR count). The summed E-state index contributed by atoms with van der Waals surface area (Å²) in [5, 5.41) is 6.27. The molecule has 1 spiro atoms. The molecule has 4 nitrogen and oxygen atoms in total. The summed E-state index contributed by atoms with van der Waals surface area (Å²) in [6.45, 7) is 3.39. The maximum Gasteiger partial charge on any atom is 0.223 e. The van der Waals surface area contributed by atoms with Crippen molar-refractivity contribution in [2.75, 3.05) is 33.4 Å². The largest absolute Gasteiger partial charge is 0.383 e.